The van der Waals surface area contributed by atoms with Crippen LogP contribution in [0.3, 0.4) is 0 Å². The van der Waals surface area contributed by atoms with Crippen molar-refractivity contribution >= 4 is 11.7 Å². The van der Waals surface area contributed by atoms with Gasteiger partial charge in [0.1, 0.15) is 11.9 Å². The molecular formula is C17H20FNO4. The summed E-state index contributed by atoms with van der Waals surface area (Å²) < 4.78 is 24.2. The number of benzene rings is 1. The third kappa shape index (κ3) is 3.22. The first-order valence-electron chi connectivity index (χ1n) is 7.78. The maximum absolute atomic E-state index is 13.9. The van der Waals surface area contributed by atoms with Gasteiger partial charge in [-0.15, -0.1) is 0 Å². The second-order valence-corrected chi connectivity index (χ2v) is 6.04. The molecule has 1 aromatic carbocycles. The molecule has 2 heterocycles. The monoisotopic (exact) mass is 321 g/mol. The quantitative estimate of drug-likeness (QED) is 0.800. The molecule has 124 valence electrons. The largest absolute Gasteiger partial charge is 0.469 e. The van der Waals surface area contributed by atoms with E-state index >= 15 is 0 Å². The molecule has 0 amide bonds. The van der Waals surface area contributed by atoms with Crippen molar-refractivity contribution in [1.82, 2.24) is 0 Å². The zero-order chi connectivity index (χ0) is 16.3. The Balaban J connectivity index is 1.70. The van der Waals surface area contributed by atoms with E-state index in [1.54, 1.807) is 18.2 Å². The number of rotatable bonds is 4. The predicted octanol–water partition coefficient (Wildman–Crippen LogP) is 2.68. The minimum atomic E-state index is -0.599. The zero-order valence-electron chi connectivity index (χ0n) is 13.1. The van der Waals surface area contributed by atoms with Crippen LogP contribution >= 0.6 is 0 Å². The van der Waals surface area contributed by atoms with Crippen molar-refractivity contribution < 1.29 is 23.5 Å². The fraction of sp³-hybridized carbons (Fsp3) is 0.529. The van der Waals surface area contributed by atoms with Crippen LogP contribution in [0.5, 0.6) is 0 Å². The van der Waals surface area contributed by atoms with Gasteiger partial charge >= 0.3 is 5.97 Å². The number of hydrogen-bond donors (Lipinski definition) is 0. The molecule has 1 saturated heterocycles. The molecule has 2 aliphatic rings. The first kappa shape index (κ1) is 15.9. The number of hydrogen-bond acceptors (Lipinski definition) is 5. The summed E-state index contributed by atoms with van der Waals surface area (Å²) in [7, 11) is 1.40. The standard InChI is InChI=1S/C17H20FNO4/c1-21-16(20)17(6-8-22-9-7-17)11-12-10-15(19-23-12)13-4-2-3-5-14(13)18/h2-5,12H,6-11H2,1H3/t12-/m1/s1. The summed E-state index contributed by atoms with van der Waals surface area (Å²) in [5.41, 5.74) is 0.437. The van der Waals surface area contributed by atoms with Crippen molar-refractivity contribution in [1.29, 1.82) is 0 Å². The van der Waals surface area contributed by atoms with Crippen LogP contribution in [0.1, 0.15) is 31.2 Å². The topological polar surface area (TPSA) is 57.1 Å². The third-order valence-corrected chi connectivity index (χ3v) is 4.60. The summed E-state index contributed by atoms with van der Waals surface area (Å²) >= 11 is 0. The highest BCUT2D eigenvalue weighted by molar-refractivity contribution is 6.01. The van der Waals surface area contributed by atoms with E-state index in [2.05, 4.69) is 5.16 Å². The van der Waals surface area contributed by atoms with Gasteiger partial charge in [0.05, 0.1) is 18.2 Å². The Kier molecular flexibility index (Phi) is 4.61. The number of esters is 1. The summed E-state index contributed by atoms with van der Waals surface area (Å²) in [6.45, 7) is 1.06. The normalized spacial score (nSPS) is 23.0. The summed E-state index contributed by atoms with van der Waals surface area (Å²) in [6, 6.07) is 6.49. The Labute approximate surface area is 134 Å². The zero-order valence-corrected chi connectivity index (χ0v) is 13.1. The van der Waals surface area contributed by atoms with Gasteiger partial charge in [-0.05, 0) is 18.9 Å². The highest BCUT2D eigenvalue weighted by atomic mass is 19.1. The number of oxime groups is 1. The highest BCUT2D eigenvalue weighted by Gasteiger charge is 2.44. The van der Waals surface area contributed by atoms with Crippen molar-refractivity contribution in [2.45, 2.75) is 31.8 Å². The Morgan fingerprint density at radius 1 is 1.39 bits per heavy atom. The second kappa shape index (κ2) is 6.66. The Morgan fingerprint density at radius 3 is 2.83 bits per heavy atom. The van der Waals surface area contributed by atoms with Crippen LogP contribution in [0.2, 0.25) is 0 Å². The predicted molar refractivity (Wildman–Crippen MR) is 81.5 cm³/mol. The van der Waals surface area contributed by atoms with E-state index in [0.29, 0.717) is 50.2 Å². The fourth-order valence-electron chi connectivity index (χ4n) is 3.30. The minimum absolute atomic E-state index is 0.233. The van der Waals surface area contributed by atoms with Crippen LogP contribution in [0.15, 0.2) is 29.4 Å². The Bertz CT molecular complexity index is 610. The number of ether oxygens (including phenoxy) is 2. The van der Waals surface area contributed by atoms with Gasteiger partial charge in [-0.25, -0.2) is 4.39 Å². The van der Waals surface area contributed by atoms with Gasteiger partial charge in [-0.2, -0.15) is 0 Å². The van der Waals surface area contributed by atoms with Crippen molar-refractivity contribution in [3.05, 3.63) is 35.6 Å². The molecule has 0 saturated carbocycles. The molecule has 0 N–H and O–H groups in total. The molecule has 23 heavy (non-hydrogen) atoms. The number of halogens is 1. The molecule has 3 rings (SSSR count). The van der Waals surface area contributed by atoms with Gasteiger partial charge in [0.15, 0.2) is 0 Å². The molecule has 6 heteroatoms. The van der Waals surface area contributed by atoms with Crippen LogP contribution in [-0.2, 0) is 19.1 Å². The molecule has 1 aromatic rings. The minimum Gasteiger partial charge on any atom is -0.469 e. The van der Waals surface area contributed by atoms with Gasteiger partial charge in [-0.1, -0.05) is 23.4 Å². The molecule has 1 fully saturated rings. The molecule has 0 aliphatic carbocycles. The molecule has 1 atom stereocenters. The lowest BCUT2D eigenvalue weighted by Crippen LogP contribution is -2.41. The number of methoxy groups -OCH3 is 1. The fourth-order valence-corrected chi connectivity index (χ4v) is 3.30. The average molecular weight is 321 g/mol. The smallest absolute Gasteiger partial charge is 0.312 e. The number of carbonyl (C=O) groups excluding carboxylic acids is 1. The van der Waals surface area contributed by atoms with Crippen molar-refractivity contribution in [3.63, 3.8) is 0 Å². The van der Waals surface area contributed by atoms with Gasteiger partial charge in [0.2, 0.25) is 0 Å². The lowest BCUT2D eigenvalue weighted by atomic mass is 9.75. The lowest BCUT2D eigenvalue weighted by Gasteiger charge is -2.35. The van der Waals surface area contributed by atoms with E-state index in [1.165, 1.54) is 13.2 Å². The Morgan fingerprint density at radius 2 is 2.13 bits per heavy atom. The van der Waals surface area contributed by atoms with E-state index in [-0.39, 0.29) is 17.9 Å². The molecule has 0 aromatic heterocycles. The molecule has 0 radical (unpaired) electrons. The molecule has 0 bridgehead atoms. The molecule has 0 unspecified atom stereocenters. The summed E-state index contributed by atoms with van der Waals surface area (Å²) in [5.74, 6) is -0.548. The van der Waals surface area contributed by atoms with Gasteiger partial charge in [0.25, 0.3) is 0 Å². The SMILES string of the molecule is COC(=O)C1(C[C@H]2CC(c3ccccc3F)=NO2)CCOCC1. The van der Waals surface area contributed by atoms with E-state index in [4.69, 9.17) is 14.3 Å². The lowest BCUT2D eigenvalue weighted by molar-refractivity contribution is -0.162. The molecular weight excluding hydrogens is 301 g/mol. The molecule has 0 spiro atoms. The summed E-state index contributed by atoms with van der Waals surface area (Å²) in [4.78, 5) is 17.7. The highest BCUT2D eigenvalue weighted by Crippen LogP contribution is 2.39. The number of carbonyl (C=O) groups is 1. The maximum atomic E-state index is 13.9. The molecule has 5 nitrogen and oxygen atoms in total. The second-order valence-electron chi connectivity index (χ2n) is 6.04. The van der Waals surface area contributed by atoms with Crippen molar-refractivity contribution in [3.8, 4) is 0 Å². The maximum Gasteiger partial charge on any atom is 0.312 e. The van der Waals surface area contributed by atoms with Gasteiger partial charge < -0.3 is 14.3 Å². The van der Waals surface area contributed by atoms with E-state index in [1.807, 2.05) is 0 Å². The van der Waals surface area contributed by atoms with E-state index < -0.39 is 5.41 Å². The summed E-state index contributed by atoms with van der Waals surface area (Å²) in [6.07, 6.45) is 1.95. The van der Waals surface area contributed by atoms with Gasteiger partial charge in [0, 0.05) is 31.6 Å². The van der Waals surface area contributed by atoms with Crippen LogP contribution in [0, 0.1) is 11.2 Å². The summed E-state index contributed by atoms with van der Waals surface area (Å²) in [5, 5.41) is 4.02. The van der Waals surface area contributed by atoms with E-state index in [9.17, 15) is 9.18 Å². The molecule has 2 aliphatic heterocycles. The van der Waals surface area contributed by atoms with Crippen molar-refractivity contribution in [2.24, 2.45) is 10.6 Å². The van der Waals surface area contributed by atoms with Crippen molar-refractivity contribution in [2.75, 3.05) is 20.3 Å². The first-order valence-corrected chi connectivity index (χ1v) is 7.78. The van der Waals surface area contributed by atoms with Crippen LogP contribution in [0.25, 0.3) is 0 Å². The average Bonchev–Trinajstić information content (AvgIpc) is 3.03. The third-order valence-electron chi connectivity index (χ3n) is 4.60. The van der Waals surface area contributed by atoms with E-state index in [0.717, 1.165) is 0 Å². The Hall–Kier alpha value is -1.95. The number of nitrogens with zero attached hydrogens (tertiary/aromatic N) is 1. The van der Waals surface area contributed by atoms with Crippen LogP contribution in [-0.4, -0.2) is 38.1 Å². The van der Waals surface area contributed by atoms with Crippen LogP contribution in [0.4, 0.5) is 4.39 Å². The van der Waals surface area contributed by atoms with Crippen LogP contribution < -0.4 is 0 Å². The first-order chi connectivity index (χ1) is 11.1. The van der Waals surface area contributed by atoms with Gasteiger partial charge in [-0.3, -0.25) is 4.79 Å².